The number of hydrogen-bond donors (Lipinski definition) is 3. The number of ether oxygens (including phenoxy) is 1. The summed E-state index contributed by atoms with van der Waals surface area (Å²) in [4.78, 5) is 40.6. The molecule has 0 atom stereocenters. The van der Waals surface area contributed by atoms with Gasteiger partial charge < -0.3 is 20.3 Å². The molecule has 0 aliphatic heterocycles. The number of thiocarbonyl (C=S) groups is 1. The number of carbonyl (C=O) groups is 2. The number of H-pyrrole nitrogens is 1. The van der Waals surface area contributed by atoms with Crippen molar-refractivity contribution in [3.63, 3.8) is 0 Å². The minimum absolute atomic E-state index is 0.158. The van der Waals surface area contributed by atoms with Crippen LogP contribution in [0.3, 0.4) is 0 Å². The lowest BCUT2D eigenvalue weighted by atomic mass is 10.1. The number of thiol groups is 1. The summed E-state index contributed by atoms with van der Waals surface area (Å²) in [6.45, 7) is 8.40. The van der Waals surface area contributed by atoms with Crippen LogP contribution in [-0.4, -0.2) is 34.9 Å². The molecule has 0 aromatic carbocycles. The molecule has 0 aliphatic carbocycles. The summed E-state index contributed by atoms with van der Waals surface area (Å²) in [5.74, 6) is -0.630. The molecule has 0 fully saturated rings. The molecule has 8 nitrogen and oxygen atoms in total. The van der Waals surface area contributed by atoms with Crippen molar-refractivity contribution < 1.29 is 14.3 Å². The van der Waals surface area contributed by atoms with Gasteiger partial charge in [0, 0.05) is 16.5 Å². The van der Waals surface area contributed by atoms with E-state index in [-0.39, 0.29) is 29.3 Å². The Kier molecular flexibility index (Phi) is 13.1. The van der Waals surface area contributed by atoms with Crippen LogP contribution in [-0.2, 0) is 9.53 Å². The smallest absolute Gasteiger partial charge is 0.313 e. The number of thiophene rings is 2. The fraction of sp³-hybridized carbons (Fsp3) is 0.182. The number of esters is 1. The molecule has 3 heterocycles. The number of hydrogen-bond acceptors (Lipinski definition) is 9. The first kappa shape index (κ1) is 28.7. The van der Waals surface area contributed by atoms with Crippen LogP contribution in [0.4, 0.5) is 0 Å². The number of carbonyl (C=O) groups excluding carboxylic acids is 2. The average Bonchev–Trinajstić information content (AvgIpc) is 3.49. The van der Waals surface area contributed by atoms with Crippen molar-refractivity contribution in [2.24, 2.45) is 5.73 Å². The average molecular weight is 533 g/mol. The van der Waals surface area contributed by atoms with Gasteiger partial charge in [0.1, 0.15) is 12.5 Å². The number of Topliss-reactive ketones (excluding diaryl/α,β-unsaturated/α-hetero) is 1. The number of nitriles is 1. The summed E-state index contributed by atoms with van der Waals surface area (Å²) in [5, 5.41) is 13.0. The van der Waals surface area contributed by atoms with E-state index in [9.17, 15) is 14.4 Å². The van der Waals surface area contributed by atoms with Crippen LogP contribution < -0.4 is 11.3 Å². The minimum atomic E-state index is -0.457. The number of aromatic amines is 1. The van der Waals surface area contributed by atoms with Gasteiger partial charge in [-0.25, -0.2) is 6.57 Å². The topological polar surface area (TPSA) is 130 Å². The van der Waals surface area contributed by atoms with Gasteiger partial charge in [0.05, 0.1) is 22.1 Å². The van der Waals surface area contributed by atoms with Gasteiger partial charge in [-0.15, -0.1) is 35.3 Å². The van der Waals surface area contributed by atoms with Gasteiger partial charge in [-0.3, -0.25) is 14.4 Å². The van der Waals surface area contributed by atoms with E-state index in [4.69, 9.17) is 17.6 Å². The summed E-state index contributed by atoms with van der Waals surface area (Å²) in [7, 11) is 0. The lowest BCUT2D eigenvalue weighted by Crippen LogP contribution is -2.10. The number of rotatable bonds is 6. The van der Waals surface area contributed by atoms with Crippen molar-refractivity contribution in [2.75, 3.05) is 13.2 Å². The second-order valence-corrected chi connectivity index (χ2v) is 8.89. The molecule has 3 N–H and O–H groups in total. The maximum absolute atomic E-state index is 11.3. The lowest BCUT2D eigenvalue weighted by Gasteiger charge is -2.02. The van der Waals surface area contributed by atoms with Crippen molar-refractivity contribution in [2.45, 2.75) is 18.4 Å². The maximum atomic E-state index is 11.3. The second kappa shape index (κ2) is 15.5. The normalized spacial score (nSPS) is 9.18. The quantitative estimate of drug-likeness (QED) is 0.107. The molecule has 12 heteroatoms. The number of nitrogens with two attached hydrogens (primary N) is 1. The molecular weight excluding hydrogens is 513 g/mol. The third kappa shape index (κ3) is 10.1. The van der Waals surface area contributed by atoms with E-state index >= 15 is 0 Å². The Morgan fingerprint density at radius 2 is 2.00 bits per heavy atom. The third-order valence-electron chi connectivity index (χ3n) is 3.56. The Morgan fingerprint density at radius 1 is 1.32 bits per heavy atom. The molecule has 0 saturated carbocycles. The fourth-order valence-corrected chi connectivity index (χ4v) is 3.99. The number of ketones is 1. The molecule has 34 heavy (non-hydrogen) atoms. The van der Waals surface area contributed by atoms with E-state index in [2.05, 4.69) is 39.4 Å². The van der Waals surface area contributed by atoms with E-state index < -0.39 is 5.97 Å². The summed E-state index contributed by atoms with van der Waals surface area (Å²) in [6.07, 6.45) is -0.158. The van der Waals surface area contributed by atoms with Crippen molar-refractivity contribution >= 4 is 64.3 Å². The standard InChI is InChI=1S/C10H6N2OS2.C9H10O3S.C3H4N2S/c11-5-7-6(8-2-1-3-15-8)4-9(13)12-10(7)14;1-2-12-9(11)6-7(10)8-4-3-5-13-8;1-5-2-3(4)6/h1-4H,(H2,12,13,14);3-5H,2,6H2,1H3;2H2,(H2,4,6). The van der Waals surface area contributed by atoms with Crippen LogP contribution >= 0.6 is 47.5 Å². The van der Waals surface area contributed by atoms with E-state index in [0.717, 1.165) is 4.88 Å². The predicted octanol–water partition coefficient (Wildman–Crippen LogP) is 4.34. The first-order valence-corrected chi connectivity index (χ1v) is 12.1. The first-order valence-electron chi connectivity index (χ1n) is 9.47. The molecule has 0 amide bonds. The maximum Gasteiger partial charge on any atom is 0.313 e. The van der Waals surface area contributed by atoms with E-state index in [1.165, 1.54) is 28.7 Å². The predicted molar refractivity (Wildman–Crippen MR) is 140 cm³/mol. The molecular formula is C22H20N4O4S4. The highest BCUT2D eigenvalue weighted by Gasteiger charge is 2.13. The lowest BCUT2D eigenvalue weighted by molar-refractivity contribution is -0.141. The summed E-state index contributed by atoms with van der Waals surface area (Å²) < 4.78 is 4.66. The summed E-state index contributed by atoms with van der Waals surface area (Å²) in [5.41, 5.74) is 5.72. The summed E-state index contributed by atoms with van der Waals surface area (Å²) >= 11 is 11.3. The van der Waals surface area contributed by atoms with Gasteiger partial charge >= 0.3 is 5.97 Å². The van der Waals surface area contributed by atoms with Crippen LogP contribution in [0.25, 0.3) is 15.3 Å². The molecule has 3 aromatic heterocycles. The first-order chi connectivity index (χ1) is 16.2. The molecule has 0 radical (unpaired) electrons. The van der Waals surface area contributed by atoms with Crippen LogP contribution in [0.15, 0.2) is 50.9 Å². The zero-order valence-electron chi connectivity index (χ0n) is 17.9. The summed E-state index contributed by atoms with van der Waals surface area (Å²) in [6, 6.07) is 10.7. The van der Waals surface area contributed by atoms with Gasteiger partial charge in [-0.2, -0.15) is 5.26 Å². The molecule has 0 spiro atoms. The largest absolute Gasteiger partial charge is 0.466 e. The van der Waals surface area contributed by atoms with Crippen molar-refractivity contribution in [3.8, 4) is 16.5 Å². The van der Waals surface area contributed by atoms with E-state index in [1.807, 2.05) is 23.6 Å². The number of pyridine rings is 1. The zero-order valence-corrected chi connectivity index (χ0v) is 21.3. The highest BCUT2D eigenvalue weighted by molar-refractivity contribution is 7.80. The van der Waals surface area contributed by atoms with Gasteiger partial charge in [0.2, 0.25) is 5.56 Å². The highest BCUT2D eigenvalue weighted by atomic mass is 32.1. The van der Waals surface area contributed by atoms with Gasteiger partial charge in [0.25, 0.3) is 6.54 Å². The van der Waals surface area contributed by atoms with Crippen molar-refractivity contribution in [1.82, 2.24) is 4.98 Å². The molecule has 0 saturated heterocycles. The number of aromatic nitrogens is 1. The molecule has 0 unspecified atom stereocenters. The van der Waals surface area contributed by atoms with Crippen LogP contribution in [0.1, 0.15) is 28.6 Å². The molecule has 3 rings (SSSR count). The second-order valence-electron chi connectivity index (χ2n) is 6.02. The van der Waals surface area contributed by atoms with Crippen LogP contribution in [0.5, 0.6) is 0 Å². The Hall–Kier alpha value is -3.29. The molecule has 0 aliphatic rings. The van der Waals surface area contributed by atoms with Crippen LogP contribution in [0, 0.1) is 17.9 Å². The molecule has 176 valence electrons. The van der Waals surface area contributed by atoms with Gasteiger partial charge in [-0.1, -0.05) is 24.4 Å². The Balaban J connectivity index is 0.000000279. The Labute approximate surface area is 215 Å². The van der Waals surface area contributed by atoms with E-state index in [1.54, 1.807) is 24.4 Å². The number of nitrogens with zero attached hydrogens (tertiary/aromatic N) is 2. The SMILES string of the molecule is CCOC(=O)CC(=O)c1cccs1.N#Cc1c(-c2cccs2)cc(=O)[nH]c1S.[C-]#[N+]CC(N)=S. The Morgan fingerprint density at radius 3 is 2.47 bits per heavy atom. The number of nitrogens with one attached hydrogen (secondary N) is 1. The van der Waals surface area contributed by atoms with Crippen molar-refractivity contribution in [1.29, 1.82) is 5.26 Å². The third-order valence-corrected chi connectivity index (χ3v) is 5.84. The minimum Gasteiger partial charge on any atom is -0.466 e. The van der Waals surface area contributed by atoms with Crippen molar-refractivity contribution in [3.05, 3.63) is 73.3 Å². The van der Waals surface area contributed by atoms with Crippen LogP contribution in [0.2, 0.25) is 0 Å². The zero-order chi connectivity index (χ0) is 25.5. The monoisotopic (exact) mass is 532 g/mol. The Bertz CT molecular complexity index is 1240. The highest BCUT2D eigenvalue weighted by Crippen LogP contribution is 2.28. The molecule has 0 bridgehead atoms. The fourth-order valence-electron chi connectivity index (χ4n) is 2.23. The van der Waals surface area contributed by atoms with Gasteiger partial charge in [0.15, 0.2) is 10.8 Å². The molecule has 3 aromatic rings. The van der Waals surface area contributed by atoms with E-state index in [0.29, 0.717) is 27.6 Å². The van der Waals surface area contributed by atoms with Gasteiger partial charge in [-0.05, 0) is 29.8 Å².